The number of carbonyl (C=O) groups is 3. The Balaban J connectivity index is 2.35. The van der Waals surface area contributed by atoms with Gasteiger partial charge in [0.15, 0.2) is 6.61 Å². The van der Waals surface area contributed by atoms with Crippen LogP contribution in [0.3, 0.4) is 0 Å². The Morgan fingerprint density at radius 3 is 2.67 bits per heavy atom. The van der Waals surface area contributed by atoms with Crippen molar-refractivity contribution in [3.8, 4) is 6.07 Å². The number of amides is 2. The van der Waals surface area contributed by atoms with E-state index in [2.05, 4.69) is 4.74 Å². The summed E-state index contributed by atoms with van der Waals surface area (Å²) in [6, 6.07) is 5.77. The molecule has 0 atom stereocenters. The van der Waals surface area contributed by atoms with E-state index in [1.54, 1.807) is 6.07 Å². The van der Waals surface area contributed by atoms with Gasteiger partial charge in [-0.15, -0.1) is 0 Å². The Bertz CT molecular complexity index is 601. The molecule has 90 valence electrons. The van der Waals surface area contributed by atoms with Crippen LogP contribution >= 0.6 is 0 Å². The molecule has 0 aliphatic carbocycles. The van der Waals surface area contributed by atoms with Gasteiger partial charge >= 0.3 is 5.97 Å². The molecule has 1 aliphatic rings. The standard InChI is InChI=1S/C12H8N2O4/c1-14-10(15)8-3-2-7(6-9(8)11(14)16)12(17)18-5-4-13/h2-3,6H,5H2,1H3. The number of hydrogen-bond acceptors (Lipinski definition) is 5. The summed E-state index contributed by atoms with van der Waals surface area (Å²) in [7, 11) is 1.37. The lowest BCUT2D eigenvalue weighted by Gasteiger charge is -2.02. The van der Waals surface area contributed by atoms with Gasteiger partial charge in [-0.2, -0.15) is 5.26 Å². The molecule has 0 unspecified atom stereocenters. The molecule has 0 fully saturated rings. The maximum atomic E-state index is 11.7. The topological polar surface area (TPSA) is 87.5 Å². The number of fused-ring (bicyclic) bond motifs is 1. The maximum Gasteiger partial charge on any atom is 0.339 e. The minimum Gasteiger partial charge on any atom is -0.447 e. The number of nitriles is 1. The van der Waals surface area contributed by atoms with Crippen LogP contribution in [0.25, 0.3) is 0 Å². The lowest BCUT2D eigenvalue weighted by molar-refractivity contribution is 0.0554. The van der Waals surface area contributed by atoms with E-state index in [0.717, 1.165) is 4.90 Å². The second-order valence-corrected chi connectivity index (χ2v) is 3.66. The molecule has 0 radical (unpaired) electrons. The summed E-state index contributed by atoms with van der Waals surface area (Å²) in [5.74, 6) is -1.55. The molecule has 18 heavy (non-hydrogen) atoms. The van der Waals surface area contributed by atoms with Crippen LogP contribution in [0.2, 0.25) is 0 Å². The fourth-order valence-electron chi connectivity index (χ4n) is 1.67. The van der Waals surface area contributed by atoms with E-state index in [-0.39, 0.29) is 23.3 Å². The summed E-state index contributed by atoms with van der Waals surface area (Å²) in [6.45, 7) is -0.358. The zero-order chi connectivity index (χ0) is 13.3. The molecule has 1 heterocycles. The molecule has 0 spiro atoms. The largest absolute Gasteiger partial charge is 0.447 e. The van der Waals surface area contributed by atoms with Gasteiger partial charge < -0.3 is 4.74 Å². The minimum atomic E-state index is -0.700. The minimum absolute atomic E-state index is 0.139. The number of benzene rings is 1. The number of ether oxygens (including phenoxy) is 1. The number of imide groups is 1. The lowest BCUT2D eigenvalue weighted by Crippen LogP contribution is -2.24. The number of rotatable bonds is 2. The van der Waals surface area contributed by atoms with Crippen molar-refractivity contribution in [2.24, 2.45) is 0 Å². The van der Waals surface area contributed by atoms with Gasteiger partial charge in [0.2, 0.25) is 0 Å². The molecule has 2 amide bonds. The molecule has 0 N–H and O–H groups in total. The van der Waals surface area contributed by atoms with Crippen molar-refractivity contribution in [1.82, 2.24) is 4.90 Å². The number of nitrogens with zero attached hydrogens (tertiary/aromatic N) is 2. The molecule has 0 aromatic heterocycles. The van der Waals surface area contributed by atoms with E-state index in [0.29, 0.717) is 0 Å². The third kappa shape index (κ3) is 1.72. The van der Waals surface area contributed by atoms with Crippen LogP contribution in [-0.2, 0) is 4.74 Å². The third-order valence-corrected chi connectivity index (χ3v) is 2.59. The Morgan fingerprint density at radius 1 is 1.33 bits per heavy atom. The molecule has 6 heteroatoms. The van der Waals surface area contributed by atoms with Gasteiger partial charge in [0.25, 0.3) is 11.8 Å². The Labute approximate surface area is 102 Å². The first-order valence-corrected chi connectivity index (χ1v) is 5.06. The number of carbonyl (C=O) groups excluding carboxylic acids is 3. The van der Waals surface area contributed by atoms with E-state index in [1.807, 2.05) is 0 Å². The van der Waals surface area contributed by atoms with E-state index in [9.17, 15) is 14.4 Å². The predicted octanol–water partition coefficient (Wildman–Crippen LogP) is 0.593. The molecule has 1 aliphatic heterocycles. The van der Waals surface area contributed by atoms with Gasteiger partial charge in [-0.3, -0.25) is 14.5 Å². The second-order valence-electron chi connectivity index (χ2n) is 3.66. The zero-order valence-corrected chi connectivity index (χ0v) is 9.47. The van der Waals surface area contributed by atoms with E-state index >= 15 is 0 Å². The molecule has 1 aromatic rings. The number of esters is 1. The van der Waals surface area contributed by atoms with Crippen LogP contribution < -0.4 is 0 Å². The van der Waals surface area contributed by atoms with Crippen molar-refractivity contribution in [2.75, 3.05) is 13.7 Å². The van der Waals surface area contributed by atoms with Gasteiger partial charge in [0, 0.05) is 7.05 Å². The first-order valence-electron chi connectivity index (χ1n) is 5.06. The average molecular weight is 244 g/mol. The van der Waals surface area contributed by atoms with Crippen molar-refractivity contribution in [1.29, 1.82) is 5.26 Å². The summed E-state index contributed by atoms with van der Waals surface area (Å²) in [6.07, 6.45) is 0. The van der Waals surface area contributed by atoms with Gasteiger partial charge in [0.1, 0.15) is 6.07 Å². The van der Waals surface area contributed by atoms with Crippen LogP contribution in [-0.4, -0.2) is 36.3 Å². The van der Waals surface area contributed by atoms with Gasteiger partial charge in [-0.1, -0.05) is 0 Å². The average Bonchev–Trinajstić information content (AvgIpc) is 2.61. The highest BCUT2D eigenvalue weighted by Gasteiger charge is 2.33. The van der Waals surface area contributed by atoms with Gasteiger partial charge in [-0.25, -0.2) is 4.79 Å². The Kier molecular flexibility index (Phi) is 2.81. The zero-order valence-electron chi connectivity index (χ0n) is 9.47. The lowest BCUT2D eigenvalue weighted by atomic mass is 10.1. The summed E-state index contributed by atoms with van der Waals surface area (Å²) in [4.78, 5) is 35.8. The molecular formula is C12H8N2O4. The van der Waals surface area contributed by atoms with Gasteiger partial charge in [-0.05, 0) is 18.2 Å². The summed E-state index contributed by atoms with van der Waals surface area (Å²) in [5.41, 5.74) is 0.577. The highest BCUT2D eigenvalue weighted by Crippen LogP contribution is 2.22. The quantitative estimate of drug-likeness (QED) is 0.561. The van der Waals surface area contributed by atoms with Crippen molar-refractivity contribution in [3.05, 3.63) is 34.9 Å². The fraction of sp³-hybridized carbons (Fsp3) is 0.167. The monoisotopic (exact) mass is 244 g/mol. The molecule has 0 bridgehead atoms. The van der Waals surface area contributed by atoms with Crippen molar-refractivity contribution >= 4 is 17.8 Å². The van der Waals surface area contributed by atoms with Crippen molar-refractivity contribution in [2.45, 2.75) is 0 Å². The van der Waals surface area contributed by atoms with Crippen molar-refractivity contribution in [3.63, 3.8) is 0 Å². The Hall–Kier alpha value is -2.68. The summed E-state index contributed by atoms with van der Waals surface area (Å²) < 4.78 is 4.62. The highest BCUT2D eigenvalue weighted by atomic mass is 16.5. The van der Waals surface area contributed by atoms with E-state index in [4.69, 9.17) is 5.26 Å². The SMILES string of the molecule is CN1C(=O)c2ccc(C(=O)OCC#N)cc2C1=O. The molecule has 1 aromatic carbocycles. The predicted molar refractivity (Wildman–Crippen MR) is 58.8 cm³/mol. The summed E-state index contributed by atoms with van der Waals surface area (Å²) in [5, 5.41) is 8.30. The first-order chi connectivity index (χ1) is 8.56. The van der Waals surface area contributed by atoms with Crippen LogP contribution in [0.1, 0.15) is 31.1 Å². The second kappa shape index (κ2) is 4.30. The molecule has 0 saturated carbocycles. The summed E-state index contributed by atoms with van der Waals surface area (Å²) >= 11 is 0. The molecule has 6 nitrogen and oxygen atoms in total. The molecule has 0 saturated heterocycles. The van der Waals surface area contributed by atoms with E-state index in [1.165, 1.54) is 25.2 Å². The third-order valence-electron chi connectivity index (χ3n) is 2.59. The maximum absolute atomic E-state index is 11.7. The normalized spacial score (nSPS) is 13.2. The smallest absolute Gasteiger partial charge is 0.339 e. The van der Waals surface area contributed by atoms with E-state index < -0.39 is 17.8 Å². The molecular weight excluding hydrogens is 236 g/mol. The van der Waals surface area contributed by atoms with Crippen LogP contribution in [0.15, 0.2) is 18.2 Å². The fourth-order valence-corrected chi connectivity index (χ4v) is 1.67. The van der Waals surface area contributed by atoms with Crippen LogP contribution in [0, 0.1) is 11.3 Å². The van der Waals surface area contributed by atoms with Crippen LogP contribution in [0.5, 0.6) is 0 Å². The number of hydrogen-bond donors (Lipinski definition) is 0. The van der Waals surface area contributed by atoms with Crippen LogP contribution in [0.4, 0.5) is 0 Å². The first kappa shape index (κ1) is 11.8. The van der Waals surface area contributed by atoms with Gasteiger partial charge in [0.05, 0.1) is 16.7 Å². The highest BCUT2D eigenvalue weighted by molar-refractivity contribution is 6.21. The van der Waals surface area contributed by atoms with Crippen molar-refractivity contribution < 1.29 is 19.1 Å². The molecule has 2 rings (SSSR count). The Morgan fingerprint density at radius 2 is 2.00 bits per heavy atom.